The lowest BCUT2D eigenvalue weighted by atomic mass is 10.1. The summed E-state index contributed by atoms with van der Waals surface area (Å²) in [5.41, 5.74) is 5.87. The van der Waals surface area contributed by atoms with Gasteiger partial charge in [0.2, 0.25) is 0 Å². The molecule has 0 aliphatic carbocycles. The normalized spacial score (nSPS) is 22.1. The fourth-order valence-electron chi connectivity index (χ4n) is 2.15. The lowest BCUT2D eigenvalue weighted by Crippen LogP contribution is -2.40. The molecule has 108 valence electrons. The number of amides is 1. The lowest BCUT2D eigenvalue weighted by molar-refractivity contribution is -0.141. The summed E-state index contributed by atoms with van der Waals surface area (Å²) in [6.07, 6.45) is -0.864. The largest absolute Gasteiger partial charge is 0.480 e. The van der Waals surface area contributed by atoms with Crippen LogP contribution in [0.4, 0.5) is 5.69 Å². The van der Waals surface area contributed by atoms with Crippen molar-refractivity contribution in [1.82, 2.24) is 4.90 Å². The minimum Gasteiger partial charge on any atom is -0.480 e. The molecule has 0 unspecified atom stereocenters. The summed E-state index contributed by atoms with van der Waals surface area (Å²) in [6, 6.07) is 1.59. The standard InChI is InChI=1S/C12H12Cl2N2O4/c13-7-1-5(2-8(14)10(7)15)11(18)16-4-6(17)3-9(16)12(19)20/h1-2,6,9,17H,3-4,15H2,(H,19,20)/t6-,9-/m0/s1. The quantitative estimate of drug-likeness (QED) is 0.712. The third-order valence-electron chi connectivity index (χ3n) is 3.15. The maximum absolute atomic E-state index is 12.3. The van der Waals surface area contributed by atoms with E-state index in [0.29, 0.717) is 0 Å². The number of aliphatic carboxylic acids is 1. The first-order valence-corrected chi connectivity index (χ1v) is 6.53. The molecule has 1 aliphatic rings. The average Bonchev–Trinajstić information content (AvgIpc) is 2.76. The third-order valence-corrected chi connectivity index (χ3v) is 3.78. The third kappa shape index (κ3) is 2.67. The van der Waals surface area contributed by atoms with E-state index in [1.54, 1.807) is 0 Å². The van der Waals surface area contributed by atoms with E-state index >= 15 is 0 Å². The number of nitrogens with zero attached hydrogens (tertiary/aromatic N) is 1. The summed E-state index contributed by atoms with van der Waals surface area (Å²) >= 11 is 11.7. The Balaban J connectivity index is 2.33. The first-order chi connectivity index (χ1) is 9.31. The molecule has 0 saturated carbocycles. The molecular formula is C12H12Cl2N2O4. The van der Waals surface area contributed by atoms with Gasteiger partial charge >= 0.3 is 5.97 Å². The Bertz CT molecular complexity index is 556. The molecular weight excluding hydrogens is 307 g/mol. The van der Waals surface area contributed by atoms with Gasteiger partial charge in [-0.05, 0) is 12.1 Å². The number of rotatable bonds is 2. The summed E-state index contributed by atoms with van der Waals surface area (Å²) in [6.45, 7) is -0.0462. The fraction of sp³-hybridized carbons (Fsp3) is 0.333. The van der Waals surface area contributed by atoms with Crippen molar-refractivity contribution in [3.63, 3.8) is 0 Å². The Morgan fingerprint density at radius 2 is 1.85 bits per heavy atom. The zero-order valence-corrected chi connectivity index (χ0v) is 11.7. The number of nitrogens with two attached hydrogens (primary N) is 1. The number of carboxylic acid groups (broad SMARTS) is 1. The van der Waals surface area contributed by atoms with Gasteiger partial charge in [-0.3, -0.25) is 4.79 Å². The fourth-order valence-corrected chi connectivity index (χ4v) is 2.63. The topological polar surface area (TPSA) is 104 Å². The van der Waals surface area contributed by atoms with Crippen LogP contribution < -0.4 is 5.73 Å². The predicted molar refractivity (Wildman–Crippen MR) is 74.0 cm³/mol. The number of carbonyl (C=O) groups excluding carboxylic acids is 1. The molecule has 1 aromatic carbocycles. The highest BCUT2D eigenvalue weighted by atomic mass is 35.5. The molecule has 0 aromatic heterocycles. The van der Waals surface area contributed by atoms with Crippen LogP contribution in [0.2, 0.25) is 10.0 Å². The number of β-amino-alcohol motifs (C(OH)–C–C–N with tert-alkyl or cyclic N) is 1. The van der Waals surface area contributed by atoms with Crippen molar-refractivity contribution in [3.05, 3.63) is 27.7 Å². The number of aliphatic hydroxyl groups is 1. The summed E-state index contributed by atoms with van der Waals surface area (Å²) in [4.78, 5) is 24.5. The minimum atomic E-state index is -1.16. The molecule has 1 saturated heterocycles. The van der Waals surface area contributed by atoms with Gasteiger partial charge < -0.3 is 20.8 Å². The molecule has 1 amide bonds. The molecule has 8 heteroatoms. The molecule has 1 aliphatic heterocycles. The first kappa shape index (κ1) is 14.9. The van der Waals surface area contributed by atoms with Crippen molar-refractivity contribution >= 4 is 40.8 Å². The number of hydrogen-bond acceptors (Lipinski definition) is 4. The van der Waals surface area contributed by atoms with E-state index in [-0.39, 0.29) is 34.3 Å². The highest BCUT2D eigenvalue weighted by molar-refractivity contribution is 6.39. The van der Waals surface area contributed by atoms with Gasteiger partial charge in [0.25, 0.3) is 5.91 Å². The van der Waals surface area contributed by atoms with Gasteiger partial charge in [-0.25, -0.2) is 4.79 Å². The Morgan fingerprint density at radius 1 is 1.30 bits per heavy atom. The van der Waals surface area contributed by atoms with Crippen molar-refractivity contribution in [2.45, 2.75) is 18.6 Å². The molecule has 0 bridgehead atoms. The lowest BCUT2D eigenvalue weighted by Gasteiger charge is -2.21. The van der Waals surface area contributed by atoms with Gasteiger partial charge in [0.15, 0.2) is 0 Å². The Morgan fingerprint density at radius 3 is 2.35 bits per heavy atom. The van der Waals surface area contributed by atoms with Crippen molar-refractivity contribution in [1.29, 1.82) is 0 Å². The second-order valence-electron chi connectivity index (χ2n) is 4.55. The van der Waals surface area contributed by atoms with E-state index < -0.39 is 24.0 Å². The molecule has 6 nitrogen and oxygen atoms in total. The second kappa shape index (κ2) is 5.47. The van der Waals surface area contributed by atoms with E-state index in [4.69, 9.17) is 34.0 Å². The predicted octanol–water partition coefficient (Wildman–Crippen LogP) is 1.24. The number of anilines is 1. The van der Waals surface area contributed by atoms with Gasteiger partial charge in [0, 0.05) is 18.5 Å². The number of aliphatic hydroxyl groups excluding tert-OH is 1. The van der Waals surface area contributed by atoms with Gasteiger partial charge in [-0.1, -0.05) is 23.2 Å². The van der Waals surface area contributed by atoms with E-state index in [9.17, 15) is 14.7 Å². The number of hydrogen-bond donors (Lipinski definition) is 3. The van der Waals surface area contributed by atoms with Crippen LogP contribution in [0.5, 0.6) is 0 Å². The van der Waals surface area contributed by atoms with Crippen molar-refractivity contribution < 1.29 is 19.8 Å². The summed E-state index contributed by atoms with van der Waals surface area (Å²) < 4.78 is 0. The van der Waals surface area contributed by atoms with Crippen LogP contribution in [0, 0.1) is 0 Å². The van der Waals surface area contributed by atoms with Crippen LogP contribution in [0.1, 0.15) is 16.8 Å². The number of halogens is 2. The Kier molecular flexibility index (Phi) is 4.08. The van der Waals surface area contributed by atoms with Crippen LogP contribution >= 0.6 is 23.2 Å². The molecule has 4 N–H and O–H groups in total. The van der Waals surface area contributed by atoms with Crippen LogP contribution in [-0.2, 0) is 4.79 Å². The number of nitrogen functional groups attached to an aromatic ring is 1. The van der Waals surface area contributed by atoms with E-state index in [2.05, 4.69) is 0 Å². The van der Waals surface area contributed by atoms with Gasteiger partial charge in [-0.15, -0.1) is 0 Å². The SMILES string of the molecule is Nc1c(Cl)cc(C(=O)N2C[C@@H](O)C[C@H]2C(=O)O)cc1Cl. The molecule has 1 heterocycles. The van der Waals surface area contributed by atoms with Crippen LogP contribution in [0.3, 0.4) is 0 Å². The Hall–Kier alpha value is -1.50. The van der Waals surface area contributed by atoms with Gasteiger partial charge in [0.05, 0.1) is 21.8 Å². The highest BCUT2D eigenvalue weighted by Crippen LogP contribution is 2.30. The first-order valence-electron chi connectivity index (χ1n) is 5.77. The molecule has 0 spiro atoms. The van der Waals surface area contributed by atoms with Gasteiger partial charge in [-0.2, -0.15) is 0 Å². The number of carbonyl (C=O) groups is 2. The Labute approximate surface area is 124 Å². The second-order valence-corrected chi connectivity index (χ2v) is 5.37. The smallest absolute Gasteiger partial charge is 0.326 e. The molecule has 2 atom stereocenters. The monoisotopic (exact) mass is 318 g/mol. The van der Waals surface area contributed by atoms with Crippen LogP contribution in [0.15, 0.2) is 12.1 Å². The van der Waals surface area contributed by atoms with Crippen molar-refractivity contribution in [2.24, 2.45) is 0 Å². The summed E-state index contributed by atoms with van der Waals surface area (Å²) in [5.74, 6) is -1.72. The molecule has 1 fully saturated rings. The maximum atomic E-state index is 12.3. The minimum absolute atomic E-state index is 0.00247. The highest BCUT2D eigenvalue weighted by Gasteiger charge is 2.39. The maximum Gasteiger partial charge on any atom is 0.326 e. The average molecular weight is 319 g/mol. The van der Waals surface area contributed by atoms with E-state index in [0.717, 1.165) is 4.90 Å². The van der Waals surface area contributed by atoms with Crippen LogP contribution in [0.25, 0.3) is 0 Å². The summed E-state index contributed by atoms with van der Waals surface area (Å²) in [5, 5.41) is 18.8. The molecule has 0 radical (unpaired) electrons. The van der Waals surface area contributed by atoms with E-state index in [1.807, 2.05) is 0 Å². The number of benzene rings is 1. The van der Waals surface area contributed by atoms with Crippen LogP contribution in [-0.4, -0.2) is 45.7 Å². The molecule has 2 rings (SSSR count). The molecule has 20 heavy (non-hydrogen) atoms. The van der Waals surface area contributed by atoms with Crippen molar-refractivity contribution in [3.8, 4) is 0 Å². The summed E-state index contributed by atoms with van der Waals surface area (Å²) in [7, 11) is 0. The number of carboxylic acids is 1. The van der Waals surface area contributed by atoms with Crippen molar-refractivity contribution in [2.75, 3.05) is 12.3 Å². The number of likely N-dealkylation sites (tertiary alicyclic amines) is 1. The van der Waals surface area contributed by atoms with E-state index in [1.165, 1.54) is 12.1 Å². The molecule has 1 aromatic rings. The van der Waals surface area contributed by atoms with Gasteiger partial charge in [0.1, 0.15) is 6.04 Å². The zero-order chi connectivity index (χ0) is 15.0. The zero-order valence-electron chi connectivity index (χ0n) is 10.2.